The van der Waals surface area contributed by atoms with Crippen LogP contribution < -0.4 is 14.8 Å². The Morgan fingerprint density at radius 3 is 2.34 bits per heavy atom. The van der Waals surface area contributed by atoms with Gasteiger partial charge in [-0.15, -0.1) is 0 Å². The van der Waals surface area contributed by atoms with Gasteiger partial charge in [0.2, 0.25) is 0 Å². The molecular formula is C21H23F3N2O3. The van der Waals surface area contributed by atoms with E-state index >= 15 is 0 Å². The van der Waals surface area contributed by atoms with Crippen LogP contribution in [0.2, 0.25) is 0 Å². The lowest BCUT2D eigenvalue weighted by Crippen LogP contribution is -2.31. The largest absolute Gasteiger partial charge is 0.491 e. The van der Waals surface area contributed by atoms with Gasteiger partial charge in [-0.2, -0.15) is 13.2 Å². The molecule has 0 radical (unpaired) electrons. The Balaban J connectivity index is 1.44. The first kappa shape index (κ1) is 21.0. The van der Waals surface area contributed by atoms with E-state index in [0.29, 0.717) is 18.1 Å². The maximum atomic E-state index is 12.5. The standard InChI is InChI=1S/C21H23F3N2O3/c1-14(18-8-7-17(11-25-18)29-13-20(2)9-10-20)26-19(27)12-28-16-5-3-15(4-6-16)21(22,23)24/h3-8,11,14H,9-10,12-13H2,1-2H3,(H,26,27). The number of nitrogens with one attached hydrogen (secondary N) is 1. The van der Waals surface area contributed by atoms with Gasteiger partial charge < -0.3 is 14.8 Å². The Morgan fingerprint density at radius 1 is 1.14 bits per heavy atom. The zero-order chi connectivity index (χ0) is 21.1. The van der Waals surface area contributed by atoms with Crippen LogP contribution in [0.25, 0.3) is 0 Å². The number of pyridine rings is 1. The minimum Gasteiger partial charge on any atom is -0.491 e. The number of hydrogen-bond donors (Lipinski definition) is 1. The summed E-state index contributed by atoms with van der Waals surface area (Å²) in [6, 6.07) is 7.43. The van der Waals surface area contributed by atoms with Gasteiger partial charge in [0, 0.05) is 5.41 Å². The molecule has 0 aliphatic heterocycles. The van der Waals surface area contributed by atoms with Crippen LogP contribution in [0.15, 0.2) is 42.6 Å². The van der Waals surface area contributed by atoms with E-state index < -0.39 is 17.6 Å². The zero-order valence-electron chi connectivity index (χ0n) is 16.3. The Labute approximate surface area is 167 Å². The summed E-state index contributed by atoms with van der Waals surface area (Å²) >= 11 is 0. The molecule has 1 amide bonds. The Kier molecular flexibility index (Phi) is 6.00. The topological polar surface area (TPSA) is 60.5 Å². The van der Waals surface area contributed by atoms with Crippen molar-refractivity contribution in [2.75, 3.05) is 13.2 Å². The highest BCUT2D eigenvalue weighted by molar-refractivity contribution is 5.77. The molecule has 0 bridgehead atoms. The summed E-state index contributed by atoms with van der Waals surface area (Å²) in [6.45, 7) is 4.32. The first-order valence-corrected chi connectivity index (χ1v) is 9.33. The smallest absolute Gasteiger partial charge is 0.416 e. The van der Waals surface area contributed by atoms with Crippen LogP contribution >= 0.6 is 0 Å². The Bertz CT molecular complexity index is 832. The quantitative estimate of drug-likeness (QED) is 0.697. The van der Waals surface area contributed by atoms with Crippen molar-refractivity contribution in [2.24, 2.45) is 5.41 Å². The fourth-order valence-electron chi connectivity index (χ4n) is 2.59. The van der Waals surface area contributed by atoms with Gasteiger partial charge in [0.25, 0.3) is 5.91 Å². The predicted molar refractivity (Wildman–Crippen MR) is 101 cm³/mol. The lowest BCUT2D eigenvalue weighted by atomic mass is 10.2. The lowest BCUT2D eigenvalue weighted by molar-refractivity contribution is -0.137. The molecule has 5 nitrogen and oxygen atoms in total. The summed E-state index contributed by atoms with van der Waals surface area (Å²) in [4.78, 5) is 16.4. The maximum absolute atomic E-state index is 12.5. The van der Waals surface area contributed by atoms with Crippen LogP contribution in [-0.4, -0.2) is 24.1 Å². The van der Waals surface area contributed by atoms with E-state index in [9.17, 15) is 18.0 Å². The van der Waals surface area contributed by atoms with Gasteiger partial charge in [-0.1, -0.05) is 6.92 Å². The third-order valence-electron chi connectivity index (χ3n) is 4.82. The molecular weight excluding hydrogens is 385 g/mol. The number of benzene rings is 1. The number of rotatable bonds is 8. The summed E-state index contributed by atoms with van der Waals surface area (Å²) in [5.41, 5.74) is 0.179. The van der Waals surface area contributed by atoms with Crippen molar-refractivity contribution in [1.29, 1.82) is 0 Å². The average molecular weight is 408 g/mol. The molecule has 1 aromatic carbocycles. The Hall–Kier alpha value is -2.77. The van der Waals surface area contributed by atoms with E-state index in [1.807, 2.05) is 6.07 Å². The molecule has 1 atom stereocenters. The highest BCUT2D eigenvalue weighted by Crippen LogP contribution is 2.45. The minimum absolute atomic E-state index is 0.185. The molecule has 1 heterocycles. The van der Waals surface area contributed by atoms with E-state index in [4.69, 9.17) is 9.47 Å². The van der Waals surface area contributed by atoms with Gasteiger partial charge in [-0.05, 0) is 56.2 Å². The summed E-state index contributed by atoms with van der Waals surface area (Å²) in [6.07, 6.45) is -0.427. The number of hydrogen-bond acceptors (Lipinski definition) is 4. The normalized spacial score (nSPS) is 16.0. The molecule has 1 N–H and O–H groups in total. The van der Waals surface area contributed by atoms with Crippen LogP contribution in [-0.2, 0) is 11.0 Å². The lowest BCUT2D eigenvalue weighted by Gasteiger charge is -2.15. The molecule has 0 saturated heterocycles. The third kappa shape index (κ3) is 6.10. The van der Waals surface area contributed by atoms with Crippen LogP contribution in [0.3, 0.4) is 0 Å². The van der Waals surface area contributed by atoms with Crippen molar-refractivity contribution >= 4 is 5.91 Å². The highest BCUT2D eigenvalue weighted by atomic mass is 19.4. The monoisotopic (exact) mass is 408 g/mol. The molecule has 29 heavy (non-hydrogen) atoms. The van der Waals surface area contributed by atoms with Crippen LogP contribution in [0.4, 0.5) is 13.2 Å². The van der Waals surface area contributed by atoms with E-state index in [2.05, 4.69) is 17.2 Å². The first-order valence-electron chi connectivity index (χ1n) is 9.33. The van der Waals surface area contributed by atoms with Crippen molar-refractivity contribution in [3.63, 3.8) is 0 Å². The fraction of sp³-hybridized carbons (Fsp3) is 0.429. The van der Waals surface area contributed by atoms with Gasteiger partial charge in [0.05, 0.1) is 30.1 Å². The second kappa shape index (κ2) is 8.31. The number of halogens is 3. The number of nitrogens with zero attached hydrogens (tertiary/aromatic N) is 1. The number of aromatic nitrogens is 1. The molecule has 1 unspecified atom stereocenters. The summed E-state index contributed by atoms with van der Waals surface area (Å²) < 4.78 is 48.6. The van der Waals surface area contributed by atoms with Crippen molar-refractivity contribution in [3.8, 4) is 11.5 Å². The number of carbonyl (C=O) groups is 1. The average Bonchev–Trinajstić information content (AvgIpc) is 3.42. The van der Waals surface area contributed by atoms with E-state index in [0.717, 1.165) is 12.1 Å². The van der Waals surface area contributed by atoms with Gasteiger partial charge in [-0.3, -0.25) is 9.78 Å². The molecule has 1 aliphatic rings. The number of carbonyl (C=O) groups excluding carboxylic acids is 1. The molecule has 3 rings (SSSR count). The number of alkyl halides is 3. The van der Waals surface area contributed by atoms with E-state index in [1.54, 1.807) is 19.2 Å². The Morgan fingerprint density at radius 2 is 1.79 bits per heavy atom. The molecule has 1 aromatic heterocycles. The first-order chi connectivity index (χ1) is 13.6. The molecule has 156 valence electrons. The van der Waals surface area contributed by atoms with E-state index in [-0.39, 0.29) is 23.8 Å². The highest BCUT2D eigenvalue weighted by Gasteiger charge is 2.38. The van der Waals surface area contributed by atoms with Crippen molar-refractivity contribution in [3.05, 3.63) is 53.9 Å². The molecule has 1 fully saturated rings. The third-order valence-corrected chi connectivity index (χ3v) is 4.82. The van der Waals surface area contributed by atoms with Crippen molar-refractivity contribution in [2.45, 2.75) is 38.9 Å². The summed E-state index contributed by atoms with van der Waals surface area (Å²) in [5.74, 6) is 0.469. The second-order valence-corrected chi connectivity index (χ2v) is 7.62. The summed E-state index contributed by atoms with van der Waals surface area (Å²) in [7, 11) is 0. The van der Waals surface area contributed by atoms with Gasteiger partial charge in [0.1, 0.15) is 11.5 Å². The number of amides is 1. The van der Waals surface area contributed by atoms with Crippen LogP contribution in [0.1, 0.15) is 44.0 Å². The van der Waals surface area contributed by atoms with E-state index in [1.165, 1.54) is 25.0 Å². The van der Waals surface area contributed by atoms with Gasteiger partial charge >= 0.3 is 6.18 Å². The fourth-order valence-corrected chi connectivity index (χ4v) is 2.59. The molecule has 8 heteroatoms. The summed E-state index contributed by atoms with van der Waals surface area (Å²) in [5, 5.41) is 2.74. The molecule has 1 saturated carbocycles. The van der Waals surface area contributed by atoms with Gasteiger partial charge in [0.15, 0.2) is 6.61 Å². The maximum Gasteiger partial charge on any atom is 0.416 e. The predicted octanol–water partition coefficient (Wildman–Crippen LogP) is 4.54. The minimum atomic E-state index is -4.41. The molecule has 1 aliphatic carbocycles. The van der Waals surface area contributed by atoms with Crippen LogP contribution in [0.5, 0.6) is 11.5 Å². The van der Waals surface area contributed by atoms with Crippen molar-refractivity contribution in [1.82, 2.24) is 10.3 Å². The molecule has 0 spiro atoms. The van der Waals surface area contributed by atoms with Gasteiger partial charge in [-0.25, -0.2) is 0 Å². The van der Waals surface area contributed by atoms with Crippen molar-refractivity contribution < 1.29 is 27.4 Å². The second-order valence-electron chi connectivity index (χ2n) is 7.62. The van der Waals surface area contributed by atoms with Crippen LogP contribution in [0, 0.1) is 5.41 Å². The zero-order valence-corrected chi connectivity index (χ0v) is 16.3. The molecule has 2 aromatic rings. The SMILES string of the molecule is CC(NC(=O)COc1ccc(C(F)(F)F)cc1)c1ccc(OCC2(C)CC2)cn1. The number of ether oxygens (including phenoxy) is 2.